The maximum absolute atomic E-state index is 14.5. The van der Waals surface area contributed by atoms with Crippen LogP contribution in [0.4, 0.5) is 14.6 Å². The van der Waals surface area contributed by atoms with Crippen LogP contribution in [-0.4, -0.2) is 64.5 Å². The Morgan fingerprint density at radius 1 is 0.825 bits per heavy atom. The molecule has 4 aromatic rings. The van der Waals surface area contributed by atoms with Gasteiger partial charge in [-0.25, -0.2) is 8.78 Å². The van der Waals surface area contributed by atoms with E-state index in [0.717, 1.165) is 11.1 Å². The van der Waals surface area contributed by atoms with Crippen molar-refractivity contribution in [3.8, 4) is 11.3 Å². The fourth-order valence-corrected chi connectivity index (χ4v) is 4.78. The van der Waals surface area contributed by atoms with E-state index in [-0.39, 0.29) is 23.8 Å². The standard InChI is InChI=1S/C31H29F2N5O2/c1-22(23-7-3-2-4-8-23)38(31(40)26-9-5-6-10-27(26)33)21-30(39)37-19-17-36(18-20-37)29-16-15-28(34-35-29)24-11-13-25(32)14-12-24/h2-16,22H,17-21H2,1H3/t22-/m1/s1. The van der Waals surface area contributed by atoms with E-state index >= 15 is 0 Å². The number of aromatic nitrogens is 2. The Morgan fingerprint density at radius 3 is 2.15 bits per heavy atom. The summed E-state index contributed by atoms with van der Waals surface area (Å²) in [5.74, 6) is -0.977. The van der Waals surface area contributed by atoms with Crippen molar-refractivity contribution in [3.63, 3.8) is 0 Å². The van der Waals surface area contributed by atoms with E-state index in [1.54, 1.807) is 23.1 Å². The van der Waals surface area contributed by atoms with Gasteiger partial charge in [-0.1, -0.05) is 42.5 Å². The molecule has 1 aliphatic heterocycles. The quantitative estimate of drug-likeness (QED) is 0.330. The van der Waals surface area contributed by atoms with Crippen LogP contribution in [0.1, 0.15) is 28.9 Å². The van der Waals surface area contributed by atoms with Crippen LogP contribution in [0.25, 0.3) is 11.3 Å². The lowest BCUT2D eigenvalue weighted by Gasteiger charge is -2.37. The average molecular weight is 542 g/mol. The van der Waals surface area contributed by atoms with Gasteiger partial charge < -0.3 is 14.7 Å². The van der Waals surface area contributed by atoms with Crippen molar-refractivity contribution in [2.24, 2.45) is 0 Å². The van der Waals surface area contributed by atoms with Crippen LogP contribution in [0.5, 0.6) is 0 Å². The molecule has 204 valence electrons. The minimum atomic E-state index is -0.620. The molecule has 0 bridgehead atoms. The van der Waals surface area contributed by atoms with Crippen LogP contribution in [0, 0.1) is 11.6 Å². The number of carbonyl (C=O) groups excluding carboxylic acids is 2. The van der Waals surface area contributed by atoms with E-state index in [1.807, 2.05) is 54.3 Å². The zero-order valence-corrected chi connectivity index (χ0v) is 22.1. The maximum Gasteiger partial charge on any atom is 0.257 e. The van der Waals surface area contributed by atoms with Crippen LogP contribution >= 0.6 is 0 Å². The van der Waals surface area contributed by atoms with Gasteiger partial charge in [0, 0.05) is 31.7 Å². The van der Waals surface area contributed by atoms with Crippen LogP contribution in [-0.2, 0) is 4.79 Å². The van der Waals surface area contributed by atoms with Gasteiger partial charge in [-0.2, -0.15) is 0 Å². The number of benzene rings is 3. The monoisotopic (exact) mass is 541 g/mol. The van der Waals surface area contributed by atoms with Gasteiger partial charge in [-0.3, -0.25) is 9.59 Å². The second kappa shape index (κ2) is 12.0. The molecule has 2 amide bonds. The number of rotatable bonds is 7. The predicted octanol–water partition coefficient (Wildman–Crippen LogP) is 4.97. The minimum Gasteiger partial charge on any atom is -0.352 e. The van der Waals surface area contributed by atoms with E-state index in [1.165, 1.54) is 35.2 Å². The molecule has 0 unspecified atom stereocenters. The number of hydrogen-bond acceptors (Lipinski definition) is 5. The zero-order valence-electron chi connectivity index (χ0n) is 22.1. The molecule has 7 nitrogen and oxygen atoms in total. The molecule has 1 atom stereocenters. The number of hydrogen-bond donors (Lipinski definition) is 0. The molecular weight excluding hydrogens is 512 g/mol. The first-order valence-corrected chi connectivity index (χ1v) is 13.1. The van der Waals surface area contributed by atoms with Crippen molar-refractivity contribution in [3.05, 3.63) is 114 Å². The number of anilines is 1. The molecule has 40 heavy (non-hydrogen) atoms. The first kappa shape index (κ1) is 26.9. The van der Waals surface area contributed by atoms with Gasteiger partial charge in [-0.05, 0) is 61.0 Å². The van der Waals surface area contributed by atoms with Crippen molar-refractivity contribution >= 4 is 17.6 Å². The van der Waals surface area contributed by atoms with Crippen LogP contribution in [0.15, 0.2) is 91.0 Å². The third-order valence-electron chi connectivity index (χ3n) is 7.17. The molecule has 0 aliphatic carbocycles. The molecule has 5 rings (SSSR count). The van der Waals surface area contributed by atoms with Crippen molar-refractivity contribution in [2.75, 3.05) is 37.6 Å². The molecule has 1 aromatic heterocycles. The van der Waals surface area contributed by atoms with Crippen LogP contribution in [0.2, 0.25) is 0 Å². The summed E-state index contributed by atoms with van der Waals surface area (Å²) in [5, 5.41) is 8.61. The summed E-state index contributed by atoms with van der Waals surface area (Å²) in [6.07, 6.45) is 0. The van der Waals surface area contributed by atoms with E-state index in [9.17, 15) is 18.4 Å². The number of carbonyl (C=O) groups is 2. The molecule has 3 aromatic carbocycles. The van der Waals surface area contributed by atoms with Crippen molar-refractivity contribution in [1.82, 2.24) is 20.0 Å². The molecule has 1 saturated heterocycles. The van der Waals surface area contributed by atoms with E-state index < -0.39 is 17.8 Å². The van der Waals surface area contributed by atoms with Crippen LogP contribution < -0.4 is 4.90 Å². The Morgan fingerprint density at radius 2 is 1.50 bits per heavy atom. The van der Waals surface area contributed by atoms with Crippen molar-refractivity contribution < 1.29 is 18.4 Å². The fourth-order valence-electron chi connectivity index (χ4n) is 4.78. The highest BCUT2D eigenvalue weighted by Crippen LogP contribution is 2.24. The van der Waals surface area contributed by atoms with Gasteiger partial charge in [0.15, 0.2) is 5.82 Å². The minimum absolute atomic E-state index is 0.0643. The number of piperazine rings is 1. The summed E-state index contributed by atoms with van der Waals surface area (Å²) in [6, 6.07) is 24.5. The zero-order chi connectivity index (χ0) is 28.1. The number of amides is 2. The molecule has 0 radical (unpaired) electrons. The Hall–Kier alpha value is -4.66. The smallest absolute Gasteiger partial charge is 0.257 e. The second-order valence-electron chi connectivity index (χ2n) is 9.65. The maximum atomic E-state index is 14.5. The van der Waals surface area contributed by atoms with Crippen molar-refractivity contribution in [1.29, 1.82) is 0 Å². The highest BCUT2D eigenvalue weighted by atomic mass is 19.1. The molecule has 9 heteroatoms. The van der Waals surface area contributed by atoms with Gasteiger partial charge in [0.25, 0.3) is 5.91 Å². The predicted molar refractivity (Wildman–Crippen MR) is 149 cm³/mol. The highest BCUT2D eigenvalue weighted by molar-refractivity contribution is 5.97. The first-order chi connectivity index (χ1) is 19.4. The molecule has 1 fully saturated rings. The average Bonchev–Trinajstić information content (AvgIpc) is 3.00. The van der Waals surface area contributed by atoms with Gasteiger partial charge in [0.1, 0.15) is 18.2 Å². The molecule has 2 heterocycles. The number of halogens is 2. The fraction of sp³-hybridized carbons (Fsp3) is 0.226. The van der Waals surface area contributed by atoms with Gasteiger partial charge >= 0.3 is 0 Å². The van der Waals surface area contributed by atoms with E-state index in [4.69, 9.17) is 0 Å². The Balaban J connectivity index is 1.25. The molecule has 1 aliphatic rings. The summed E-state index contributed by atoms with van der Waals surface area (Å²) >= 11 is 0. The van der Waals surface area contributed by atoms with E-state index in [2.05, 4.69) is 10.2 Å². The lowest BCUT2D eigenvalue weighted by molar-refractivity contribution is -0.132. The topological polar surface area (TPSA) is 69.6 Å². The summed E-state index contributed by atoms with van der Waals surface area (Å²) in [5.41, 5.74) is 2.21. The lowest BCUT2D eigenvalue weighted by atomic mass is 10.0. The highest BCUT2D eigenvalue weighted by Gasteiger charge is 2.30. The first-order valence-electron chi connectivity index (χ1n) is 13.1. The Labute approximate surface area is 231 Å². The molecule has 0 N–H and O–H groups in total. The second-order valence-corrected chi connectivity index (χ2v) is 9.65. The lowest BCUT2D eigenvalue weighted by Crippen LogP contribution is -2.52. The van der Waals surface area contributed by atoms with Gasteiger partial charge in [-0.15, -0.1) is 10.2 Å². The van der Waals surface area contributed by atoms with Crippen LogP contribution in [0.3, 0.4) is 0 Å². The van der Waals surface area contributed by atoms with Gasteiger partial charge in [0.2, 0.25) is 5.91 Å². The molecular formula is C31H29F2N5O2. The molecule has 0 spiro atoms. The summed E-state index contributed by atoms with van der Waals surface area (Å²) in [4.78, 5) is 32.0. The summed E-state index contributed by atoms with van der Waals surface area (Å²) < 4.78 is 27.7. The van der Waals surface area contributed by atoms with E-state index in [0.29, 0.717) is 37.7 Å². The largest absolute Gasteiger partial charge is 0.352 e. The van der Waals surface area contributed by atoms with Gasteiger partial charge in [0.05, 0.1) is 17.3 Å². The Bertz CT molecular complexity index is 1460. The number of nitrogens with zero attached hydrogens (tertiary/aromatic N) is 5. The third kappa shape index (κ3) is 5.98. The Kier molecular flexibility index (Phi) is 8.10. The third-order valence-corrected chi connectivity index (χ3v) is 7.17. The molecule has 0 saturated carbocycles. The SMILES string of the molecule is C[C@H](c1ccccc1)N(CC(=O)N1CCN(c2ccc(-c3ccc(F)cc3)nn2)CC1)C(=O)c1ccccc1F. The normalized spacial score (nSPS) is 14.1. The van der Waals surface area contributed by atoms with Crippen molar-refractivity contribution in [2.45, 2.75) is 13.0 Å². The summed E-state index contributed by atoms with van der Waals surface area (Å²) in [7, 11) is 0. The summed E-state index contributed by atoms with van der Waals surface area (Å²) in [6.45, 7) is 3.66.